The van der Waals surface area contributed by atoms with Crippen molar-refractivity contribution in [1.29, 1.82) is 0 Å². The fourth-order valence-corrected chi connectivity index (χ4v) is 1.26. The molecule has 0 aliphatic heterocycles. The van der Waals surface area contributed by atoms with E-state index in [1.54, 1.807) is 0 Å². The summed E-state index contributed by atoms with van der Waals surface area (Å²) in [5, 5.41) is 9.07. The highest BCUT2D eigenvalue weighted by Gasteiger charge is 2.34. The summed E-state index contributed by atoms with van der Waals surface area (Å²) in [6.07, 6.45) is -5.61. The van der Waals surface area contributed by atoms with Crippen LogP contribution in [0.15, 0.2) is 18.2 Å². The van der Waals surface area contributed by atoms with Gasteiger partial charge in [-0.15, -0.1) is 0 Å². The lowest BCUT2D eigenvalue weighted by Crippen LogP contribution is -2.25. The van der Waals surface area contributed by atoms with Crippen LogP contribution in [0.25, 0.3) is 0 Å². The molecular formula is C11H13F4NO2. The smallest absolute Gasteiger partial charge is 0.389 e. The Morgan fingerprint density at radius 3 is 2.56 bits per heavy atom. The number of ether oxygens (including phenoxy) is 1. The second-order valence-electron chi connectivity index (χ2n) is 3.72. The van der Waals surface area contributed by atoms with Crippen LogP contribution in [-0.4, -0.2) is 24.4 Å². The van der Waals surface area contributed by atoms with E-state index >= 15 is 0 Å². The Labute approximate surface area is 101 Å². The third kappa shape index (κ3) is 4.25. The van der Waals surface area contributed by atoms with Crippen molar-refractivity contribution in [3.63, 3.8) is 0 Å². The largest absolute Gasteiger partial charge is 0.419 e. The SMILES string of the molecule is NC[C@@H](O)COCc1ccc(F)c(C(F)(F)F)c1. The highest BCUT2D eigenvalue weighted by molar-refractivity contribution is 5.26. The molecule has 3 nitrogen and oxygen atoms in total. The van der Waals surface area contributed by atoms with Crippen LogP contribution in [0.5, 0.6) is 0 Å². The van der Waals surface area contributed by atoms with Crippen molar-refractivity contribution < 1.29 is 27.4 Å². The fourth-order valence-electron chi connectivity index (χ4n) is 1.26. The first-order chi connectivity index (χ1) is 8.34. The van der Waals surface area contributed by atoms with Crippen molar-refractivity contribution in [2.75, 3.05) is 13.2 Å². The van der Waals surface area contributed by atoms with Crippen LogP contribution >= 0.6 is 0 Å². The van der Waals surface area contributed by atoms with Crippen molar-refractivity contribution in [2.24, 2.45) is 5.73 Å². The van der Waals surface area contributed by atoms with E-state index < -0.39 is 23.7 Å². The summed E-state index contributed by atoms with van der Waals surface area (Å²) >= 11 is 0. The zero-order chi connectivity index (χ0) is 13.8. The molecule has 18 heavy (non-hydrogen) atoms. The van der Waals surface area contributed by atoms with Crippen LogP contribution in [-0.2, 0) is 17.5 Å². The molecule has 1 rings (SSSR count). The van der Waals surface area contributed by atoms with Crippen LogP contribution in [0.3, 0.4) is 0 Å². The molecule has 0 spiro atoms. The first kappa shape index (κ1) is 14.9. The lowest BCUT2D eigenvalue weighted by molar-refractivity contribution is -0.140. The number of rotatable bonds is 5. The topological polar surface area (TPSA) is 55.5 Å². The second-order valence-corrected chi connectivity index (χ2v) is 3.72. The molecule has 0 aromatic heterocycles. The molecule has 0 radical (unpaired) electrons. The predicted octanol–water partition coefficient (Wildman–Crippen LogP) is 1.68. The van der Waals surface area contributed by atoms with Crippen molar-refractivity contribution >= 4 is 0 Å². The highest BCUT2D eigenvalue weighted by Crippen LogP contribution is 2.31. The van der Waals surface area contributed by atoms with Gasteiger partial charge in [-0.25, -0.2) is 4.39 Å². The van der Waals surface area contributed by atoms with Gasteiger partial charge in [0.05, 0.1) is 24.9 Å². The van der Waals surface area contributed by atoms with E-state index in [1.165, 1.54) is 6.07 Å². The van der Waals surface area contributed by atoms with Crippen molar-refractivity contribution in [3.8, 4) is 0 Å². The van der Waals surface area contributed by atoms with Crippen LogP contribution < -0.4 is 5.73 Å². The van der Waals surface area contributed by atoms with Gasteiger partial charge in [0.1, 0.15) is 5.82 Å². The quantitative estimate of drug-likeness (QED) is 0.798. The number of nitrogens with two attached hydrogens (primary N) is 1. The molecule has 1 atom stereocenters. The van der Waals surface area contributed by atoms with Gasteiger partial charge in [-0.1, -0.05) is 6.07 Å². The lowest BCUT2D eigenvalue weighted by Gasteiger charge is -2.11. The van der Waals surface area contributed by atoms with E-state index in [1.807, 2.05) is 0 Å². The van der Waals surface area contributed by atoms with E-state index in [2.05, 4.69) is 0 Å². The Morgan fingerprint density at radius 2 is 2.00 bits per heavy atom. The van der Waals surface area contributed by atoms with E-state index in [9.17, 15) is 17.6 Å². The number of hydrogen-bond acceptors (Lipinski definition) is 3. The maximum Gasteiger partial charge on any atom is 0.419 e. The average molecular weight is 267 g/mol. The van der Waals surface area contributed by atoms with Crippen molar-refractivity contribution in [3.05, 3.63) is 35.1 Å². The minimum atomic E-state index is -4.74. The molecule has 0 saturated carbocycles. The van der Waals surface area contributed by atoms with Crippen molar-refractivity contribution in [2.45, 2.75) is 18.9 Å². The van der Waals surface area contributed by atoms with E-state index in [0.717, 1.165) is 6.07 Å². The van der Waals surface area contributed by atoms with E-state index in [4.69, 9.17) is 15.6 Å². The van der Waals surface area contributed by atoms with Gasteiger partial charge in [-0.05, 0) is 17.7 Å². The van der Waals surface area contributed by atoms with Gasteiger partial charge in [-0.3, -0.25) is 0 Å². The zero-order valence-corrected chi connectivity index (χ0v) is 9.38. The van der Waals surface area contributed by atoms with Gasteiger partial charge in [0.25, 0.3) is 0 Å². The molecule has 1 aromatic rings. The van der Waals surface area contributed by atoms with Gasteiger partial charge in [0.2, 0.25) is 0 Å². The summed E-state index contributed by atoms with van der Waals surface area (Å²) in [6, 6.07) is 2.62. The molecule has 0 amide bonds. The molecule has 0 saturated heterocycles. The van der Waals surface area contributed by atoms with Gasteiger partial charge in [0, 0.05) is 6.54 Å². The summed E-state index contributed by atoms with van der Waals surface area (Å²) in [6.45, 7) is -0.243. The van der Waals surface area contributed by atoms with Gasteiger partial charge >= 0.3 is 6.18 Å². The van der Waals surface area contributed by atoms with Gasteiger partial charge in [0.15, 0.2) is 0 Å². The molecule has 3 N–H and O–H groups in total. The summed E-state index contributed by atoms with van der Waals surface area (Å²) in [7, 11) is 0. The normalized spacial score (nSPS) is 13.7. The highest BCUT2D eigenvalue weighted by atomic mass is 19.4. The monoisotopic (exact) mass is 267 g/mol. The molecule has 0 aliphatic carbocycles. The Kier molecular flexibility index (Phi) is 5.06. The molecule has 1 aromatic carbocycles. The molecule has 0 heterocycles. The molecule has 0 bridgehead atoms. The molecule has 0 aliphatic rings. The Morgan fingerprint density at radius 1 is 1.33 bits per heavy atom. The second kappa shape index (κ2) is 6.12. The summed E-state index contributed by atoms with van der Waals surface area (Å²) < 4.78 is 55.1. The number of halogens is 4. The first-order valence-electron chi connectivity index (χ1n) is 5.16. The third-order valence-electron chi connectivity index (χ3n) is 2.19. The van der Waals surface area contributed by atoms with Crippen LogP contribution in [0.2, 0.25) is 0 Å². The molecule has 7 heteroatoms. The first-order valence-corrected chi connectivity index (χ1v) is 5.16. The fraction of sp³-hybridized carbons (Fsp3) is 0.455. The van der Waals surface area contributed by atoms with E-state index in [-0.39, 0.29) is 25.3 Å². The Balaban J connectivity index is 2.68. The number of alkyl halides is 3. The van der Waals surface area contributed by atoms with Gasteiger partial charge in [-0.2, -0.15) is 13.2 Å². The summed E-state index contributed by atoms with van der Waals surface area (Å²) in [5.74, 6) is -1.33. The zero-order valence-electron chi connectivity index (χ0n) is 9.38. The Hall–Kier alpha value is -1.18. The number of aliphatic hydroxyl groups is 1. The summed E-state index contributed by atoms with van der Waals surface area (Å²) in [4.78, 5) is 0. The summed E-state index contributed by atoms with van der Waals surface area (Å²) in [5.41, 5.74) is 3.97. The molecular weight excluding hydrogens is 254 g/mol. The minimum Gasteiger partial charge on any atom is -0.389 e. The number of benzene rings is 1. The minimum absolute atomic E-state index is 0.00276. The lowest BCUT2D eigenvalue weighted by atomic mass is 10.1. The van der Waals surface area contributed by atoms with E-state index in [0.29, 0.717) is 6.07 Å². The third-order valence-corrected chi connectivity index (χ3v) is 2.19. The van der Waals surface area contributed by atoms with Crippen LogP contribution in [0.1, 0.15) is 11.1 Å². The Bertz CT molecular complexity index is 395. The standard InChI is InChI=1S/C11H13F4NO2/c12-10-2-1-7(3-9(10)11(13,14)15)5-18-6-8(17)4-16/h1-3,8,17H,4-6,16H2/t8-/m1/s1. The van der Waals surface area contributed by atoms with Gasteiger partial charge < -0.3 is 15.6 Å². The predicted molar refractivity (Wildman–Crippen MR) is 56.1 cm³/mol. The van der Waals surface area contributed by atoms with Crippen LogP contribution in [0.4, 0.5) is 17.6 Å². The molecule has 102 valence electrons. The van der Waals surface area contributed by atoms with Crippen molar-refractivity contribution in [1.82, 2.24) is 0 Å². The number of hydrogen-bond donors (Lipinski definition) is 2. The average Bonchev–Trinajstić information content (AvgIpc) is 2.29. The maximum absolute atomic E-state index is 13.0. The molecule has 0 unspecified atom stereocenters. The number of aliphatic hydroxyl groups excluding tert-OH is 1. The molecule has 0 fully saturated rings. The maximum atomic E-state index is 13.0. The van der Waals surface area contributed by atoms with Crippen LogP contribution in [0, 0.1) is 5.82 Å².